The number of fused-ring (bicyclic) bond motifs is 5. The molecular weight excluding hydrogens is 392 g/mol. The van der Waals surface area contributed by atoms with Gasteiger partial charge in [-0.3, -0.25) is 9.59 Å². The van der Waals surface area contributed by atoms with Gasteiger partial charge in [0.2, 0.25) is 0 Å². The molecule has 3 N–H and O–H groups in total. The highest BCUT2D eigenvalue weighted by Gasteiger charge is 2.74. The Morgan fingerprint density at radius 2 is 1.86 bits per heavy atom. The van der Waals surface area contributed by atoms with Gasteiger partial charge in [-0.05, 0) is 62.5 Å². The van der Waals surface area contributed by atoms with Crippen LogP contribution in [-0.2, 0) is 9.59 Å². The van der Waals surface area contributed by atoms with E-state index in [0.717, 1.165) is 31.9 Å². The van der Waals surface area contributed by atoms with Crippen LogP contribution in [0.2, 0.25) is 0 Å². The van der Waals surface area contributed by atoms with Crippen LogP contribution >= 0.6 is 11.6 Å². The van der Waals surface area contributed by atoms with Gasteiger partial charge in [0.1, 0.15) is 5.60 Å². The van der Waals surface area contributed by atoms with Gasteiger partial charge in [0, 0.05) is 17.9 Å². The maximum Gasteiger partial charge on any atom is 0.178 e. The molecule has 0 bridgehead atoms. The van der Waals surface area contributed by atoms with Crippen LogP contribution in [0.5, 0.6) is 0 Å². The van der Waals surface area contributed by atoms with Gasteiger partial charge in [-0.15, -0.1) is 11.6 Å². The Balaban J connectivity index is 0.00000117. The lowest BCUT2D eigenvalue weighted by molar-refractivity contribution is -0.175. The fourth-order valence-corrected chi connectivity index (χ4v) is 7.82. The van der Waals surface area contributed by atoms with Crippen molar-refractivity contribution < 1.29 is 24.9 Å². The smallest absolute Gasteiger partial charge is 0.178 e. The number of aliphatic hydroxyl groups is 3. The zero-order chi connectivity index (χ0) is 22.0. The summed E-state index contributed by atoms with van der Waals surface area (Å²) in [7, 11) is 1.00. The molecule has 6 heteroatoms. The van der Waals surface area contributed by atoms with Crippen molar-refractivity contribution >= 4 is 23.2 Å². The normalized spacial score (nSPS) is 50.5. The third-order valence-electron chi connectivity index (χ3n) is 8.76. The predicted octanol–water partition coefficient (Wildman–Crippen LogP) is 2.80. The molecule has 8 atom stereocenters. The van der Waals surface area contributed by atoms with Crippen LogP contribution < -0.4 is 0 Å². The van der Waals surface area contributed by atoms with Gasteiger partial charge < -0.3 is 15.3 Å². The minimum atomic E-state index is -1.44. The quantitative estimate of drug-likeness (QED) is 0.562. The number of halogens is 1. The molecule has 5 nitrogen and oxygen atoms in total. The molecule has 0 aromatic rings. The molecule has 0 aromatic carbocycles. The predicted molar refractivity (Wildman–Crippen MR) is 111 cm³/mol. The fraction of sp³-hybridized carbons (Fsp3) is 0.739. The van der Waals surface area contributed by atoms with Crippen LogP contribution in [0.3, 0.4) is 0 Å². The lowest BCUT2D eigenvalue weighted by Crippen LogP contribution is -2.68. The van der Waals surface area contributed by atoms with Crippen molar-refractivity contribution in [3.05, 3.63) is 23.8 Å². The van der Waals surface area contributed by atoms with Gasteiger partial charge >= 0.3 is 0 Å². The van der Waals surface area contributed by atoms with E-state index in [1.165, 1.54) is 6.92 Å². The molecule has 0 saturated heterocycles. The summed E-state index contributed by atoms with van der Waals surface area (Å²) in [6, 6.07) is 0. The highest BCUT2D eigenvalue weighted by atomic mass is 35.5. The average molecular weight is 425 g/mol. The first-order chi connectivity index (χ1) is 13.4. The molecule has 4 aliphatic carbocycles. The molecule has 4 rings (SSSR count). The van der Waals surface area contributed by atoms with Crippen molar-refractivity contribution in [2.75, 3.05) is 7.11 Å². The Labute approximate surface area is 177 Å². The Hall–Kier alpha value is -1.01. The zero-order valence-corrected chi connectivity index (χ0v) is 18.7. The van der Waals surface area contributed by atoms with Crippen molar-refractivity contribution in [1.29, 1.82) is 0 Å². The van der Waals surface area contributed by atoms with E-state index in [1.807, 2.05) is 26.8 Å². The number of rotatable bonds is 1. The summed E-state index contributed by atoms with van der Waals surface area (Å²) < 4.78 is 0. The van der Waals surface area contributed by atoms with E-state index in [2.05, 4.69) is 0 Å². The summed E-state index contributed by atoms with van der Waals surface area (Å²) >= 11 is 7.32. The molecule has 8 unspecified atom stereocenters. The molecule has 162 valence electrons. The van der Waals surface area contributed by atoms with E-state index >= 15 is 0 Å². The second kappa shape index (κ2) is 7.01. The number of hydrogen-bond acceptors (Lipinski definition) is 5. The zero-order valence-electron chi connectivity index (χ0n) is 17.9. The summed E-state index contributed by atoms with van der Waals surface area (Å²) in [5.74, 6) is -0.420. The largest absolute Gasteiger partial charge is 0.400 e. The molecular formula is C23H33ClO5. The Bertz CT molecular complexity index is 790. The summed E-state index contributed by atoms with van der Waals surface area (Å²) in [5, 5.41) is 29.8. The lowest BCUT2D eigenvalue weighted by Gasteiger charge is -2.63. The van der Waals surface area contributed by atoms with E-state index in [4.69, 9.17) is 16.7 Å². The van der Waals surface area contributed by atoms with Crippen LogP contribution in [0.1, 0.15) is 53.4 Å². The van der Waals surface area contributed by atoms with E-state index in [-0.39, 0.29) is 35.7 Å². The number of aliphatic hydroxyl groups excluding tert-OH is 2. The molecule has 4 aliphatic rings. The van der Waals surface area contributed by atoms with E-state index in [0.29, 0.717) is 0 Å². The number of allylic oxidation sites excluding steroid dienone is 4. The van der Waals surface area contributed by atoms with Crippen LogP contribution in [0.25, 0.3) is 0 Å². The van der Waals surface area contributed by atoms with E-state index < -0.39 is 27.4 Å². The van der Waals surface area contributed by atoms with Gasteiger partial charge in [-0.2, -0.15) is 0 Å². The van der Waals surface area contributed by atoms with Crippen LogP contribution in [0.15, 0.2) is 23.8 Å². The molecule has 0 aromatic heterocycles. The number of hydrogen-bond donors (Lipinski definition) is 3. The first kappa shape index (κ1) is 22.7. The molecule has 0 spiro atoms. The van der Waals surface area contributed by atoms with Crippen molar-refractivity contribution in [3.63, 3.8) is 0 Å². The van der Waals surface area contributed by atoms with Crippen molar-refractivity contribution in [2.45, 2.75) is 70.0 Å². The van der Waals surface area contributed by atoms with Crippen molar-refractivity contribution in [3.8, 4) is 0 Å². The SMILES string of the molecule is CC(=O)C1(O)C(C)CC2C3CCC4=CC(=O)C=CC4(C)C3(Cl)C(O)CC21C.CO. The maximum absolute atomic E-state index is 12.5. The Kier molecular flexibility index (Phi) is 5.48. The van der Waals surface area contributed by atoms with Gasteiger partial charge in [0.25, 0.3) is 0 Å². The average Bonchev–Trinajstić information content (AvgIpc) is 2.87. The van der Waals surface area contributed by atoms with Crippen molar-refractivity contribution in [1.82, 2.24) is 0 Å². The summed E-state index contributed by atoms with van der Waals surface area (Å²) in [5.41, 5.74) is -1.76. The van der Waals surface area contributed by atoms with Gasteiger partial charge in [-0.1, -0.05) is 32.4 Å². The van der Waals surface area contributed by atoms with Crippen LogP contribution in [-0.4, -0.2) is 50.6 Å². The molecule has 0 amide bonds. The third-order valence-corrected chi connectivity index (χ3v) is 9.68. The summed E-state index contributed by atoms with van der Waals surface area (Å²) in [6.07, 6.45) is 6.71. The molecule has 3 fully saturated rings. The fourth-order valence-electron chi connectivity index (χ4n) is 7.30. The molecule has 0 radical (unpaired) electrons. The maximum atomic E-state index is 12.5. The number of ketones is 2. The first-order valence-electron chi connectivity index (χ1n) is 10.4. The summed E-state index contributed by atoms with van der Waals surface area (Å²) in [6.45, 7) is 7.36. The van der Waals surface area contributed by atoms with Crippen LogP contribution in [0.4, 0.5) is 0 Å². The van der Waals surface area contributed by atoms with E-state index in [9.17, 15) is 19.8 Å². The third kappa shape index (κ3) is 2.57. The number of alkyl halides is 1. The van der Waals surface area contributed by atoms with Gasteiger partial charge in [-0.25, -0.2) is 0 Å². The molecule has 3 saturated carbocycles. The topological polar surface area (TPSA) is 94.8 Å². The second-order valence-corrected chi connectivity index (χ2v) is 10.3. The Morgan fingerprint density at radius 3 is 2.45 bits per heavy atom. The van der Waals surface area contributed by atoms with Gasteiger partial charge in [0.15, 0.2) is 11.6 Å². The van der Waals surface area contributed by atoms with Crippen LogP contribution in [0, 0.1) is 28.6 Å². The molecule has 29 heavy (non-hydrogen) atoms. The number of Topliss-reactive ketones (excluding diaryl/α,β-unsaturated/α-hetero) is 1. The minimum Gasteiger partial charge on any atom is -0.400 e. The standard InChI is InChI=1S/C22H29ClO4.CH4O/c1-12-9-17-16-6-5-14-10-15(25)7-8-19(14,3)21(16,23)18(26)11-20(17,4)22(12,27)13(2)24;1-2/h7-8,10,12,16-18,26-27H,5-6,9,11H2,1-4H3;2H,1H3. The highest BCUT2D eigenvalue weighted by Crippen LogP contribution is 2.71. The van der Waals surface area contributed by atoms with Gasteiger partial charge in [0.05, 0.1) is 11.0 Å². The van der Waals surface area contributed by atoms with Crippen molar-refractivity contribution in [2.24, 2.45) is 28.6 Å². The van der Waals surface area contributed by atoms with E-state index in [1.54, 1.807) is 12.2 Å². The number of carbonyl (C=O) groups excluding carboxylic acids is 2. The molecule has 0 heterocycles. The lowest BCUT2D eigenvalue weighted by atomic mass is 9.45. The molecule has 0 aliphatic heterocycles. The minimum absolute atomic E-state index is 0.0308. The number of carbonyl (C=O) groups is 2. The highest BCUT2D eigenvalue weighted by molar-refractivity contribution is 6.26. The Morgan fingerprint density at radius 1 is 1.24 bits per heavy atom. The monoisotopic (exact) mass is 424 g/mol. The first-order valence-corrected chi connectivity index (χ1v) is 10.8. The summed E-state index contributed by atoms with van der Waals surface area (Å²) in [4.78, 5) is 23.4. The second-order valence-electron chi connectivity index (χ2n) is 9.72.